The SMILES string of the molecule is CC(C)Nc1ncc(CN2CCCC3(CCC(=O)N(CCO)C3)C2)cn1. The van der Waals surface area contributed by atoms with Crippen LogP contribution in [-0.2, 0) is 11.3 Å². The summed E-state index contributed by atoms with van der Waals surface area (Å²) >= 11 is 0. The Balaban J connectivity index is 1.60. The van der Waals surface area contributed by atoms with Crippen molar-refractivity contribution in [3.05, 3.63) is 18.0 Å². The quantitative estimate of drug-likeness (QED) is 0.799. The first-order valence-corrected chi connectivity index (χ1v) is 9.68. The summed E-state index contributed by atoms with van der Waals surface area (Å²) < 4.78 is 0. The first-order chi connectivity index (χ1) is 12.5. The summed E-state index contributed by atoms with van der Waals surface area (Å²) in [7, 11) is 0. The van der Waals surface area contributed by atoms with Crippen LogP contribution in [0.25, 0.3) is 0 Å². The van der Waals surface area contributed by atoms with Crippen LogP contribution in [0.15, 0.2) is 12.4 Å². The third-order valence-electron chi connectivity index (χ3n) is 5.39. The van der Waals surface area contributed by atoms with Crippen molar-refractivity contribution in [2.75, 3.05) is 38.1 Å². The zero-order valence-electron chi connectivity index (χ0n) is 15.9. The Morgan fingerprint density at radius 1 is 1.27 bits per heavy atom. The minimum absolute atomic E-state index is 0.0413. The van der Waals surface area contributed by atoms with E-state index < -0.39 is 0 Å². The van der Waals surface area contributed by atoms with Crippen molar-refractivity contribution in [1.82, 2.24) is 19.8 Å². The number of likely N-dealkylation sites (tertiary alicyclic amines) is 2. The van der Waals surface area contributed by atoms with Gasteiger partial charge in [-0.3, -0.25) is 9.69 Å². The number of piperidine rings is 2. The highest BCUT2D eigenvalue weighted by atomic mass is 16.3. The molecule has 1 unspecified atom stereocenters. The van der Waals surface area contributed by atoms with Crippen molar-refractivity contribution in [2.45, 2.75) is 52.1 Å². The molecule has 1 atom stereocenters. The lowest BCUT2D eigenvalue weighted by Crippen LogP contribution is -2.54. The molecular formula is C19H31N5O2. The normalized spacial score (nSPS) is 24.5. The van der Waals surface area contributed by atoms with Gasteiger partial charge in [-0.15, -0.1) is 0 Å². The summed E-state index contributed by atoms with van der Waals surface area (Å²) in [5, 5.41) is 12.4. The molecule has 0 aliphatic carbocycles. The van der Waals surface area contributed by atoms with Gasteiger partial charge in [0.05, 0.1) is 6.61 Å². The Morgan fingerprint density at radius 3 is 2.73 bits per heavy atom. The molecule has 7 heteroatoms. The lowest BCUT2D eigenvalue weighted by atomic mass is 9.73. The second kappa shape index (κ2) is 8.31. The Labute approximate surface area is 155 Å². The number of amides is 1. The molecule has 2 aliphatic heterocycles. The minimum atomic E-state index is 0.0413. The van der Waals surface area contributed by atoms with Crippen LogP contribution in [0.3, 0.4) is 0 Å². The van der Waals surface area contributed by atoms with E-state index in [1.807, 2.05) is 17.3 Å². The smallest absolute Gasteiger partial charge is 0.222 e. The first-order valence-electron chi connectivity index (χ1n) is 9.68. The fourth-order valence-corrected chi connectivity index (χ4v) is 4.23. The number of nitrogens with zero attached hydrogens (tertiary/aromatic N) is 4. The highest BCUT2D eigenvalue weighted by molar-refractivity contribution is 5.77. The maximum absolute atomic E-state index is 12.1. The molecule has 1 amide bonds. The van der Waals surface area contributed by atoms with Gasteiger partial charge in [0.1, 0.15) is 0 Å². The van der Waals surface area contributed by atoms with E-state index in [4.69, 9.17) is 0 Å². The average Bonchev–Trinajstić information content (AvgIpc) is 2.60. The highest BCUT2D eigenvalue weighted by Gasteiger charge is 2.41. The van der Waals surface area contributed by atoms with Gasteiger partial charge in [-0.2, -0.15) is 0 Å². The van der Waals surface area contributed by atoms with Crippen LogP contribution in [0, 0.1) is 5.41 Å². The second-order valence-electron chi connectivity index (χ2n) is 8.07. The molecule has 144 valence electrons. The standard InChI is InChI=1S/C19H31N5O2/c1-15(2)22-18-20-10-16(11-21-18)12-23-7-3-5-19(13-23)6-4-17(26)24(14-19)8-9-25/h10-11,15,25H,3-9,12-14H2,1-2H3,(H,20,21,22). The predicted octanol–water partition coefficient (Wildman–Crippen LogP) is 1.49. The zero-order valence-corrected chi connectivity index (χ0v) is 15.9. The van der Waals surface area contributed by atoms with Crippen molar-refractivity contribution in [3.63, 3.8) is 0 Å². The molecule has 3 heterocycles. The van der Waals surface area contributed by atoms with Gasteiger partial charge in [-0.05, 0) is 39.7 Å². The van der Waals surface area contributed by atoms with Gasteiger partial charge in [0.25, 0.3) is 0 Å². The largest absolute Gasteiger partial charge is 0.395 e. The van der Waals surface area contributed by atoms with E-state index in [-0.39, 0.29) is 17.9 Å². The molecule has 1 spiro atoms. The van der Waals surface area contributed by atoms with E-state index in [0.29, 0.717) is 25.0 Å². The van der Waals surface area contributed by atoms with Crippen LogP contribution in [0.5, 0.6) is 0 Å². The van der Waals surface area contributed by atoms with Crippen LogP contribution in [-0.4, -0.2) is 69.6 Å². The summed E-state index contributed by atoms with van der Waals surface area (Å²) in [6.45, 7) is 8.32. The van der Waals surface area contributed by atoms with E-state index in [2.05, 4.69) is 34.0 Å². The number of β-amino-alcohol motifs (C(OH)–C–C–N with tert-alkyl or cyclic N) is 1. The van der Waals surface area contributed by atoms with E-state index in [0.717, 1.165) is 51.0 Å². The molecule has 2 fully saturated rings. The molecule has 1 aromatic heterocycles. The first kappa shape index (κ1) is 19.0. The zero-order chi connectivity index (χ0) is 18.6. The number of aliphatic hydroxyl groups excluding tert-OH is 1. The molecule has 0 bridgehead atoms. The molecule has 1 aromatic rings. The van der Waals surface area contributed by atoms with Crippen molar-refractivity contribution < 1.29 is 9.90 Å². The van der Waals surface area contributed by atoms with Gasteiger partial charge < -0.3 is 15.3 Å². The fraction of sp³-hybridized carbons (Fsp3) is 0.737. The van der Waals surface area contributed by atoms with E-state index in [1.54, 1.807) is 0 Å². The van der Waals surface area contributed by atoms with Crippen molar-refractivity contribution in [2.24, 2.45) is 5.41 Å². The number of nitrogens with one attached hydrogen (secondary N) is 1. The summed E-state index contributed by atoms with van der Waals surface area (Å²) in [5.41, 5.74) is 1.29. The van der Waals surface area contributed by atoms with Crippen LogP contribution in [0.4, 0.5) is 5.95 Å². The topological polar surface area (TPSA) is 81.6 Å². The summed E-state index contributed by atoms with van der Waals surface area (Å²) in [6.07, 6.45) is 7.68. The molecule has 0 radical (unpaired) electrons. The monoisotopic (exact) mass is 361 g/mol. The molecule has 26 heavy (non-hydrogen) atoms. The van der Waals surface area contributed by atoms with E-state index in [1.165, 1.54) is 0 Å². The second-order valence-corrected chi connectivity index (χ2v) is 8.07. The summed E-state index contributed by atoms with van der Waals surface area (Å²) in [6, 6.07) is 0.318. The van der Waals surface area contributed by atoms with Gasteiger partial charge in [0.15, 0.2) is 0 Å². The Morgan fingerprint density at radius 2 is 2.04 bits per heavy atom. The molecule has 7 nitrogen and oxygen atoms in total. The summed E-state index contributed by atoms with van der Waals surface area (Å²) in [4.78, 5) is 25.2. The van der Waals surface area contributed by atoms with Crippen LogP contribution in [0.1, 0.15) is 45.1 Å². The molecule has 3 rings (SSSR count). The fourth-order valence-electron chi connectivity index (χ4n) is 4.23. The molecule has 2 aliphatic rings. The molecular weight excluding hydrogens is 330 g/mol. The number of carbonyl (C=O) groups is 1. The third-order valence-corrected chi connectivity index (χ3v) is 5.39. The predicted molar refractivity (Wildman–Crippen MR) is 101 cm³/mol. The summed E-state index contributed by atoms with van der Waals surface area (Å²) in [5.74, 6) is 0.854. The molecule has 0 saturated carbocycles. The number of anilines is 1. The number of aromatic nitrogens is 2. The minimum Gasteiger partial charge on any atom is -0.395 e. The Bertz CT molecular complexity index is 606. The Kier molecular flexibility index (Phi) is 6.09. The highest BCUT2D eigenvalue weighted by Crippen LogP contribution is 2.39. The van der Waals surface area contributed by atoms with E-state index >= 15 is 0 Å². The molecule has 2 saturated heterocycles. The number of aliphatic hydroxyl groups is 1. The van der Waals surface area contributed by atoms with E-state index in [9.17, 15) is 9.90 Å². The maximum Gasteiger partial charge on any atom is 0.222 e. The maximum atomic E-state index is 12.1. The lowest BCUT2D eigenvalue weighted by molar-refractivity contribution is -0.140. The van der Waals surface area contributed by atoms with Crippen molar-refractivity contribution in [3.8, 4) is 0 Å². The van der Waals surface area contributed by atoms with Crippen molar-refractivity contribution >= 4 is 11.9 Å². The van der Waals surface area contributed by atoms with Crippen LogP contribution < -0.4 is 5.32 Å². The lowest BCUT2D eigenvalue weighted by Gasteiger charge is -2.48. The number of rotatable bonds is 6. The van der Waals surface area contributed by atoms with Gasteiger partial charge >= 0.3 is 0 Å². The van der Waals surface area contributed by atoms with Crippen LogP contribution in [0.2, 0.25) is 0 Å². The number of hydrogen-bond acceptors (Lipinski definition) is 6. The number of hydrogen-bond donors (Lipinski definition) is 2. The van der Waals surface area contributed by atoms with Gasteiger partial charge in [-0.25, -0.2) is 9.97 Å². The molecule has 2 N–H and O–H groups in total. The average molecular weight is 361 g/mol. The van der Waals surface area contributed by atoms with Crippen LogP contribution >= 0.6 is 0 Å². The van der Waals surface area contributed by atoms with Gasteiger partial charge in [0, 0.05) is 62.0 Å². The van der Waals surface area contributed by atoms with Crippen molar-refractivity contribution in [1.29, 1.82) is 0 Å². The third kappa shape index (κ3) is 4.71. The number of carbonyl (C=O) groups excluding carboxylic acids is 1. The van der Waals surface area contributed by atoms with Gasteiger partial charge in [0.2, 0.25) is 11.9 Å². The van der Waals surface area contributed by atoms with Gasteiger partial charge in [-0.1, -0.05) is 0 Å². The molecule has 0 aromatic carbocycles. The Hall–Kier alpha value is -1.73.